The lowest BCUT2D eigenvalue weighted by atomic mass is 10.2. The first-order valence-electron chi connectivity index (χ1n) is 4.95. The van der Waals surface area contributed by atoms with Crippen LogP contribution in [-0.2, 0) is 4.43 Å². The summed E-state index contributed by atoms with van der Waals surface area (Å²) in [5.41, 5.74) is 0. The molecular formula is C11H22O2Si. The van der Waals surface area contributed by atoms with Crippen LogP contribution in [0.4, 0.5) is 0 Å². The first-order chi connectivity index (χ1) is 6.20. The summed E-state index contributed by atoms with van der Waals surface area (Å²) in [4.78, 5) is 0. The molecule has 1 N–H and O–H groups in total. The lowest BCUT2D eigenvalue weighted by molar-refractivity contribution is 0.142. The van der Waals surface area contributed by atoms with Gasteiger partial charge in [0.25, 0.3) is 0 Å². The molecule has 0 bridgehead atoms. The summed E-state index contributed by atoms with van der Waals surface area (Å²) < 4.78 is 5.79. The van der Waals surface area contributed by atoms with E-state index < -0.39 is 14.4 Å². The molecule has 2 nitrogen and oxygen atoms in total. The van der Waals surface area contributed by atoms with Gasteiger partial charge in [-0.3, -0.25) is 0 Å². The molecule has 0 saturated heterocycles. The quantitative estimate of drug-likeness (QED) is 0.577. The Balaban J connectivity index is 4.17. The normalized spacial score (nSPS) is 14.5. The predicted octanol–water partition coefficient (Wildman–Crippen LogP) is 2.39. The molecule has 1 atom stereocenters. The van der Waals surface area contributed by atoms with Crippen molar-refractivity contribution in [2.45, 2.75) is 51.9 Å². The largest absolute Gasteiger partial charge is 0.413 e. The average molecular weight is 214 g/mol. The lowest BCUT2D eigenvalue weighted by Gasteiger charge is -2.36. The lowest BCUT2D eigenvalue weighted by Crippen LogP contribution is -2.42. The highest BCUT2D eigenvalue weighted by Crippen LogP contribution is 2.36. The van der Waals surface area contributed by atoms with E-state index in [-0.39, 0.29) is 5.04 Å². The molecule has 0 fully saturated rings. The van der Waals surface area contributed by atoms with Crippen LogP contribution < -0.4 is 0 Å². The molecule has 0 radical (unpaired) electrons. The number of aliphatic hydroxyl groups is 1. The van der Waals surface area contributed by atoms with E-state index in [4.69, 9.17) is 4.43 Å². The van der Waals surface area contributed by atoms with Gasteiger partial charge in [0.2, 0.25) is 0 Å². The second-order valence-corrected chi connectivity index (χ2v) is 9.79. The monoisotopic (exact) mass is 214 g/mol. The van der Waals surface area contributed by atoms with Crippen molar-refractivity contribution in [2.75, 3.05) is 6.61 Å². The summed E-state index contributed by atoms with van der Waals surface area (Å²) in [5, 5.41) is 9.59. The second kappa shape index (κ2) is 4.97. The number of hydrogen-bond acceptors (Lipinski definition) is 2. The van der Waals surface area contributed by atoms with Crippen LogP contribution in [0.5, 0.6) is 0 Å². The van der Waals surface area contributed by atoms with Crippen molar-refractivity contribution >= 4 is 8.32 Å². The fourth-order valence-electron chi connectivity index (χ4n) is 0.712. The van der Waals surface area contributed by atoms with Crippen molar-refractivity contribution in [3.63, 3.8) is 0 Å². The summed E-state index contributed by atoms with van der Waals surface area (Å²) in [5.74, 6) is 5.35. The van der Waals surface area contributed by atoms with Crippen LogP contribution in [0.15, 0.2) is 0 Å². The number of aliphatic hydroxyl groups excluding tert-OH is 1. The van der Waals surface area contributed by atoms with Gasteiger partial charge in [-0.05, 0) is 25.1 Å². The van der Waals surface area contributed by atoms with Crippen molar-refractivity contribution in [3.8, 4) is 11.8 Å². The van der Waals surface area contributed by atoms with E-state index in [2.05, 4.69) is 45.7 Å². The molecule has 14 heavy (non-hydrogen) atoms. The minimum absolute atomic E-state index is 0.187. The molecule has 0 spiro atoms. The fourth-order valence-corrected chi connectivity index (χ4v) is 1.72. The zero-order valence-electron chi connectivity index (χ0n) is 10.1. The maximum Gasteiger partial charge on any atom is 0.192 e. The van der Waals surface area contributed by atoms with E-state index >= 15 is 0 Å². The van der Waals surface area contributed by atoms with Gasteiger partial charge in [-0.25, -0.2) is 0 Å². The second-order valence-electron chi connectivity index (χ2n) is 4.98. The average Bonchev–Trinajstić information content (AvgIpc) is 1.99. The zero-order valence-corrected chi connectivity index (χ0v) is 11.1. The maximum atomic E-state index is 9.40. The molecule has 82 valence electrons. The Morgan fingerprint density at radius 2 is 1.86 bits per heavy atom. The van der Waals surface area contributed by atoms with Crippen molar-refractivity contribution in [1.82, 2.24) is 0 Å². The van der Waals surface area contributed by atoms with Gasteiger partial charge in [0.1, 0.15) is 6.10 Å². The van der Waals surface area contributed by atoms with Gasteiger partial charge in [-0.15, -0.1) is 5.92 Å². The molecular weight excluding hydrogens is 192 g/mol. The first kappa shape index (κ1) is 13.7. The van der Waals surface area contributed by atoms with Gasteiger partial charge < -0.3 is 9.53 Å². The highest BCUT2D eigenvalue weighted by molar-refractivity contribution is 6.74. The highest BCUT2D eigenvalue weighted by Gasteiger charge is 2.37. The van der Waals surface area contributed by atoms with Crippen LogP contribution in [0.1, 0.15) is 27.7 Å². The van der Waals surface area contributed by atoms with Crippen molar-refractivity contribution in [2.24, 2.45) is 0 Å². The molecule has 0 aromatic carbocycles. The Bertz CT molecular complexity index is 230. The Morgan fingerprint density at radius 1 is 1.36 bits per heavy atom. The van der Waals surface area contributed by atoms with E-state index in [1.54, 1.807) is 6.92 Å². The smallest absolute Gasteiger partial charge is 0.192 e. The molecule has 0 unspecified atom stereocenters. The van der Waals surface area contributed by atoms with Gasteiger partial charge >= 0.3 is 0 Å². The molecule has 0 aliphatic rings. The molecule has 3 heteroatoms. The predicted molar refractivity (Wildman–Crippen MR) is 62.6 cm³/mol. The SMILES string of the molecule is CC#C[C@H](O)CO[Si](C)(C)C(C)(C)C. The summed E-state index contributed by atoms with van der Waals surface area (Å²) in [7, 11) is -1.72. The molecule has 0 rings (SSSR count). The first-order valence-corrected chi connectivity index (χ1v) is 7.86. The molecule has 0 aliphatic carbocycles. The van der Waals surface area contributed by atoms with Crippen molar-refractivity contribution in [1.29, 1.82) is 0 Å². The van der Waals surface area contributed by atoms with Crippen LogP contribution in [-0.4, -0.2) is 26.1 Å². The van der Waals surface area contributed by atoms with Crippen molar-refractivity contribution < 1.29 is 9.53 Å². The van der Waals surface area contributed by atoms with Gasteiger partial charge in [0.05, 0.1) is 6.61 Å². The Kier molecular flexibility index (Phi) is 4.86. The molecule has 0 amide bonds. The van der Waals surface area contributed by atoms with E-state index in [9.17, 15) is 5.11 Å². The summed E-state index contributed by atoms with van der Waals surface area (Å²) in [6.45, 7) is 12.9. The Labute approximate surface area is 88.8 Å². The minimum atomic E-state index is -1.72. The Morgan fingerprint density at radius 3 is 2.21 bits per heavy atom. The van der Waals surface area contributed by atoms with Crippen molar-refractivity contribution in [3.05, 3.63) is 0 Å². The van der Waals surface area contributed by atoms with Gasteiger partial charge in [0, 0.05) is 0 Å². The number of rotatable bonds is 3. The molecule has 0 aromatic rings. The highest BCUT2D eigenvalue weighted by atomic mass is 28.4. The zero-order chi connectivity index (χ0) is 11.4. The van der Waals surface area contributed by atoms with E-state index in [0.29, 0.717) is 6.61 Å². The van der Waals surface area contributed by atoms with Crippen LogP contribution in [0.3, 0.4) is 0 Å². The minimum Gasteiger partial charge on any atom is -0.413 e. The summed E-state index contributed by atoms with van der Waals surface area (Å²) in [6, 6.07) is 0. The standard InChI is InChI=1S/C11H22O2Si/c1-7-8-10(12)9-13-14(5,6)11(2,3)4/h10,12H,9H2,1-6H3/t10-/m0/s1. The summed E-state index contributed by atoms with van der Waals surface area (Å²) in [6.07, 6.45) is -0.644. The van der Waals surface area contributed by atoms with Gasteiger partial charge in [0.15, 0.2) is 8.32 Å². The third-order valence-electron chi connectivity index (χ3n) is 2.72. The number of hydrogen-bond donors (Lipinski definition) is 1. The maximum absolute atomic E-state index is 9.40. The Hall–Kier alpha value is -0.303. The molecule has 0 heterocycles. The fraction of sp³-hybridized carbons (Fsp3) is 0.818. The van der Waals surface area contributed by atoms with Crippen LogP contribution in [0, 0.1) is 11.8 Å². The van der Waals surface area contributed by atoms with Gasteiger partial charge in [-0.1, -0.05) is 26.7 Å². The third kappa shape index (κ3) is 4.27. The summed E-state index contributed by atoms with van der Waals surface area (Å²) >= 11 is 0. The van der Waals surface area contributed by atoms with Crippen LogP contribution >= 0.6 is 0 Å². The van der Waals surface area contributed by atoms with Crippen LogP contribution in [0.25, 0.3) is 0 Å². The molecule has 0 aliphatic heterocycles. The third-order valence-corrected chi connectivity index (χ3v) is 7.22. The van der Waals surface area contributed by atoms with E-state index in [1.165, 1.54) is 0 Å². The van der Waals surface area contributed by atoms with E-state index in [1.807, 2.05) is 0 Å². The van der Waals surface area contributed by atoms with Gasteiger partial charge in [-0.2, -0.15) is 0 Å². The topological polar surface area (TPSA) is 29.5 Å². The molecule has 0 saturated carbocycles. The molecule has 0 aromatic heterocycles. The van der Waals surface area contributed by atoms with Crippen LogP contribution in [0.2, 0.25) is 18.1 Å². The van der Waals surface area contributed by atoms with E-state index in [0.717, 1.165) is 0 Å².